The summed E-state index contributed by atoms with van der Waals surface area (Å²) in [5.41, 5.74) is -0.182. The van der Waals surface area contributed by atoms with Crippen molar-refractivity contribution in [1.29, 1.82) is 0 Å². The van der Waals surface area contributed by atoms with Gasteiger partial charge in [-0.3, -0.25) is 0 Å². The summed E-state index contributed by atoms with van der Waals surface area (Å²) < 4.78 is 32.7. The number of benzene rings is 1. The third-order valence-corrected chi connectivity index (χ3v) is 5.45. The first kappa shape index (κ1) is 17.9. The molecule has 1 aromatic carbocycles. The molecular formula is C14H23NO5S. The van der Waals surface area contributed by atoms with Crippen molar-refractivity contribution in [3.8, 4) is 5.75 Å². The Morgan fingerprint density at radius 3 is 2.00 bits per heavy atom. The van der Waals surface area contributed by atoms with Crippen molar-refractivity contribution in [3.05, 3.63) is 23.3 Å². The van der Waals surface area contributed by atoms with Crippen LogP contribution < -0.4 is 9.46 Å². The summed E-state index contributed by atoms with van der Waals surface area (Å²) >= 11 is 0. The zero-order chi connectivity index (χ0) is 16.3. The first-order chi connectivity index (χ1) is 9.75. The fraction of sp³-hybridized carbons (Fsp3) is 0.571. The van der Waals surface area contributed by atoms with Crippen LogP contribution in [-0.4, -0.2) is 44.5 Å². The molecule has 7 heteroatoms. The van der Waals surface area contributed by atoms with Crippen LogP contribution in [0.1, 0.15) is 24.5 Å². The first-order valence-electron chi connectivity index (χ1n) is 6.66. The van der Waals surface area contributed by atoms with E-state index in [1.807, 2.05) is 0 Å². The maximum absolute atomic E-state index is 12.6. The van der Waals surface area contributed by atoms with Gasteiger partial charge in [0.25, 0.3) is 0 Å². The van der Waals surface area contributed by atoms with Crippen molar-refractivity contribution < 1.29 is 23.4 Å². The molecule has 6 nitrogen and oxygen atoms in total. The number of aryl methyl sites for hydroxylation is 2. The topological polar surface area (TPSA) is 95.9 Å². The van der Waals surface area contributed by atoms with Gasteiger partial charge in [0.1, 0.15) is 5.75 Å². The van der Waals surface area contributed by atoms with E-state index in [0.717, 1.165) is 0 Å². The van der Waals surface area contributed by atoms with Crippen LogP contribution in [0.2, 0.25) is 0 Å². The Bertz CT molecular complexity index is 562. The zero-order valence-electron chi connectivity index (χ0n) is 12.8. The SMILES string of the molecule is CCC(CO)(CO)NS(=O)(=O)c1c(C)cc(OC)cc1C. The summed E-state index contributed by atoms with van der Waals surface area (Å²) in [6.07, 6.45) is 0.271. The molecule has 0 aromatic heterocycles. The van der Waals surface area contributed by atoms with Crippen LogP contribution in [0.5, 0.6) is 5.75 Å². The fourth-order valence-corrected chi connectivity index (χ4v) is 4.11. The van der Waals surface area contributed by atoms with Crippen molar-refractivity contribution in [2.24, 2.45) is 0 Å². The quantitative estimate of drug-likeness (QED) is 0.689. The van der Waals surface area contributed by atoms with Gasteiger partial charge in [-0.1, -0.05) is 6.92 Å². The lowest BCUT2D eigenvalue weighted by Gasteiger charge is -2.30. The van der Waals surface area contributed by atoms with E-state index in [-0.39, 0.29) is 11.3 Å². The minimum atomic E-state index is -3.87. The van der Waals surface area contributed by atoms with E-state index >= 15 is 0 Å². The normalized spacial score (nSPS) is 12.5. The fourth-order valence-electron chi connectivity index (χ4n) is 2.20. The van der Waals surface area contributed by atoms with Crippen molar-refractivity contribution in [2.45, 2.75) is 37.6 Å². The minimum Gasteiger partial charge on any atom is -0.497 e. The summed E-state index contributed by atoms with van der Waals surface area (Å²) in [4.78, 5) is 0.142. The Hall–Kier alpha value is -1.15. The lowest BCUT2D eigenvalue weighted by atomic mass is 10.0. The van der Waals surface area contributed by atoms with Crippen molar-refractivity contribution in [1.82, 2.24) is 4.72 Å². The second-order valence-corrected chi connectivity index (χ2v) is 6.77. The van der Waals surface area contributed by atoms with Crippen LogP contribution in [0.15, 0.2) is 17.0 Å². The van der Waals surface area contributed by atoms with Gasteiger partial charge in [0.05, 0.1) is 30.8 Å². The highest BCUT2D eigenvalue weighted by Crippen LogP contribution is 2.27. The van der Waals surface area contributed by atoms with E-state index < -0.39 is 28.8 Å². The lowest BCUT2D eigenvalue weighted by molar-refractivity contribution is 0.105. The second-order valence-electron chi connectivity index (χ2n) is 5.15. The molecule has 0 radical (unpaired) electrons. The molecular weight excluding hydrogens is 294 g/mol. The van der Waals surface area contributed by atoms with Gasteiger partial charge in [0, 0.05) is 0 Å². The number of hydrogen-bond donors (Lipinski definition) is 3. The Labute approximate surface area is 125 Å². The molecule has 0 heterocycles. The van der Waals surface area contributed by atoms with E-state index in [0.29, 0.717) is 16.9 Å². The van der Waals surface area contributed by atoms with Crippen LogP contribution in [0.4, 0.5) is 0 Å². The van der Waals surface area contributed by atoms with Gasteiger partial charge in [-0.15, -0.1) is 0 Å². The molecule has 0 aliphatic carbocycles. The summed E-state index contributed by atoms with van der Waals surface area (Å²) in [7, 11) is -2.35. The molecule has 0 amide bonds. The molecule has 1 aromatic rings. The molecule has 0 unspecified atom stereocenters. The smallest absolute Gasteiger partial charge is 0.241 e. The summed E-state index contributed by atoms with van der Waals surface area (Å²) in [5, 5.41) is 18.8. The van der Waals surface area contributed by atoms with Gasteiger partial charge in [-0.2, -0.15) is 0 Å². The number of hydrogen-bond acceptors (Lipinski definition) is 5. The highest BCUT2D eigenvalue weighted by Gasteiger charge is 2.34. The third-order valence-electron chi connectivity index (χ3n) is 3.57. The number of nitrogens with one attached hydrogen (secondary N) is 1. The summed E-state index contributed by atoms with van der Waals surface area (Å²) in [6.45, 7) is 4.09. The Morgan fingerprint density at radius 1 is 1.19 bits per heavy atom. The largest absolute Gasteiger partial charge is 0.497 e. The number of methoxy groups -OCH3 is 1. The molecule has 0 saturated heterocycles. The van der Waals surface area contributed by atoms with Crippen molar-refractivity contribution in [3.63, 3.8) is 0 Å². The second kappa shape index (κ2) is 6.74. The molecule has 3 N–H and O–H groups in total. The van der Waals surface area contributed by atoms with Gasteiger partial charge in [-0.25, -0.2) is 13.1 Å². The monoisotopic (exact) mass is 317 g/mol. The summed E-state index contributed by atoms with van der Waals surface area (Å²) in [6, 6.07) is 3.26. The van der Waals surface area contributed by atoms with Crippen LogP contribution in [0.3, 0.4) is 0 Å². The zero-order valence-corrected chi connectivity index (χ0v) is 13.6. The average Bonchev–Trinajstić information content (AvgIpc) is 2.43. The van der Waals surface area contributed by atoms with Crippen molar-refractivity contribution in [2.75, 3.05) is 20.3 Å². The van der Waals surface area contributed by atoms with Gasteiger partial charge in [-0.05, 0) is 43.5 Å². The number of ether oxygens (including phenoxy) is 1. The molecule has 0 spiro atoms. The van der Waals surface area contributed by atoms with E-state index in [9.17, 15) is 18.6 Å². The van der Waals surface area contributed by atoms with Crippen molar-refractivity contribution >= 4 is 10.0 Å². The van der Waals surface area contributed by atoms with Gasteiger partial charge in [0.2, 0.25) is 10.0 Å². The third kappa shape index (κ3) is 3.74. The molecule has 0 fully saturated rings. The molecule has 0 aliphatic rings. The van der Waals surface area contributed by atoms with Crippen LogP contribution in [0.25, 0.3) is 0 Å². The number of aliphatic hydroxyl groups is 2. The maximum atomic E-state index is 12.6. The standard InChI is InChI=1S/C14H23NO5S/c1-5-14(8-16,9-17)15-21(18,19)13-10(2)6-12(20-4)7-11(13)3/h6-7,15-17H,5,8-9H2,1-4H3. The first-order valence-corrected chi connectivity index (χ1v) is 8.14. The maximum Gasteiger partial charge on any atom is 0.241 e. The predicted octanol–water partition coefficient (Wildman–Crippen LogP) is 0.724. The molecule has 0 atom stereocenters. The van der Waals surface area contributed by atoms with Gasteiger partial charge >= 0.3 is 0 Å². The summed E-state index contributed by atoms with van der Waals surface area (Å²) in [5.74, 6) is 0.579. The molecule has 0 aliphatic heterocycles. The number of aliphatic hydroxyl groups excluding tert-OH is 2. The minimum absolute atomic E-state index is 0.142. The van der Waals surface area contributed by atoms with Crippen LogP contribution in [-0.2, 0) is 10.0 Å². The highest BCUT2D eigenvalue weighted by molar-refractivity contribution is 7.89. The van der Waals surface area contributed by atoms with E-state index in [2.05, 4.69) is 4.72 Å². The number of rotatable bonds is 7. The van der Waals surface area contributed by atoms with Gasteiger partial charge in [0.15, 0.2) is 0 Å². The molecule has 1 rings (SSSR count). The van der Waals surface area contributed by atoms with Crippen LogP contribution in [0, 0.1) is 13.8 Å². The average molecular weight is 317 g/mol. The Kier molecular flexibility index (Phi) is 5.75. The van der Waals surface area contributed by atoms with E-state index in [4.69, 9.17) is 4.74 Å². The molecule has 0 saturated carbocycles. The van der Waals surface area contributed by atoms with E-state index in [1.54, 1.807) is 32.9 Å². The lowest BCUT2D eigenvalue weighted by Crippen LogP contribution is -2.53. The molecule has 120 valence electrons. The predicted molar refractivity (Wildman–Crippen MR) is 80.0 cm³/mol. The molecule has 21 heavy (non-hydrogen) atoms. The number of sulfonamides is 1. The molecule has 0 bridgehead atoms. The van der Waals surface area contributed by atoms with Gasteiger partial charge < -0.3 is 14.9 Å². The van der Waals surface area contributed by atoms with Crippen LogP contribution >= 0.6 is 0 Å². The Morgan fingerprint density at radius 2 is 1.67 bits per heavy atom. The highest BCUT2D eigenvalue weighted by atomic mass is 32.2. The Balaban J connectivity index is 3.32. The van der Waals surface area contributed by atoms with E-state index in [1.165, 1.54) is 7.11 Å².